The summed E-state index contributed by atoms with van der Waals surface area (Å²) in [5, 5.41) is 9.54. The fourth-order valence-corrected chi connectivity index (χ4v) is 1.93. The van der Waals surface area contributed by atoms with E-state index in [1.165, 1.54) is 18.2 Å². The van der Waals surface area contributed by atoms with Crippen molar-refractivity contribution in [1.29, 1.82) is 0 Å². The molecule has 1 aromatic carbocycles. The second-order valence-corrected chi connectivity index (χ2v) is 4.06. The van der Waals surface area contributed by atoms with E-state index >= 15 is 0 Å². The molecule has 0 aliphatic carbocycles. The van der Waals surface area contributed by atoms with E-state index < -0.39 is 0 Å². The van der Waals surface area contributed by atoms with E-state index in [4.69, 9.17) is 5.73 Å². The predicted octanol–water partition coefficient (Wildman–Crippen LogP) is 1.06. The topological polar surface area (TPSA) is 49.5 Å². The number of nitrogens with zero attached hydrogens (tertiary/aromatic N) is 1. The Morgan fingerprint density at radius 1 is 1.53 bits per heavy atom. The molecule has 1 aromatic rings. The first kappa shape index (κ1) is 10.4. The lowest BCUT2D eigenvalue weighted by atomic mass is 10.2. The molecular weight excluding hydrogens is 195 g/mol. The summed E-state index contributed by atoms with van der Waals surface area (Å²) >= 11 is 0. The van der Waals surface area contributed by atoms with E-state index in [2.05, 4.69) is 4.90 Å². The van der Waals surface area contributed by atoms with Crippen molar-refractivity contribution in [2.45, 2.75) is 19.0 Å². The van der Waals surface area contributed by atoms with Crippen LogP contribution < -0.4 is 5.73 Å². The standard InChI is InChI=1S/C11H15FN2O/c12-9-1-2-11(15)8(5-9)6-14-4-3-10(13)7-14/h1-2,5,10,15H,3-4,6-7,13H2. The van der Waals surface area contributed by atoms with Crippen LogP contribution in [0.15, 0.2) is 18.2 Å². The van der Waals surface area contributed by atoms with Gasteiger partial charge in [0.05, 0.1) is 0 Å². The van der Waals surface area contributed by atoms with E-state index in [9.17, 15) is 9.50 Å². The fourth-order valence-electron chi connectivity index (χ4n) is 1.93. The maximum absolute atomic E-state index is 12.9. The van der Waals surface area contributed by atoms with Crippen molar-refractivity contribution in [2.75, 3.05) is 13.1 Å². The molecule has 3 nitrogen and oxygen atoms in total. The van der Waals surface area contributed by atoms with Crippen LogP contribution in [0.2, 0.25) is 0 Å². The molecule has 0 aromatic heterocycles. The fraction of sp³-hybridized carbons (Fsp3) is 0.455. The van der Waals surface area contributed by atoms with E-state index in [1.54, 1.807) is 0 Å². The van der Waals surface area contributed by atoms with Crippen molar-refractivity contribution in [3.63, 3.8) is 0 Å². The summed E-state index contributed by atoms with van der Waals surface area (Å²) in [6.07, 6.45) is 0.968. The number of aromatic hydroxyl groups is 1. The zero-order chi connectivity index (χ0) is 10.8. The summed E-state index contributed by atoms with van der Waals surface area (Å²) in [6.45, 7) is 2.30. The number of hydrogen-bond acceptors (Lipinski definition) is 3. The molecule has 2 rings (SSSR count). The Kier molecular flexibility index (Phi) is 2.88. The van der Waals surface area contributed by atoms with Gasteiger partial charge in [-0.2, -0.15) is 0 Å². The number of halogens is 1. The van der Waals surface area contributed by atoms with E-state index in [1.807, 2.05) is 0 Å². The van der Waals surface area contributed by atoms with E-state index in [0.717, 1.165) is 19.5 Å². The molecule has 3 N–H and O–H groups in total. The van der Waals surface area contributed by atoms with Gasteiger partial charge in [0.25, 0.3) is 0 Å². The monoisotopic (exact) mass is 210 g/mol. The molecule has 1 aliphatic rings. The van der Waals surface area contributed by atoms with E-state index in [-0.39, 0.29) is 17.6 Å². The molecular formula is C11H15FN2O. The number of likely N-dealkylation sites (tertiary alicyclic amines) is 1. The minimum atomic E-state index is -0.314. The third kappa shape index (κ3) is 2.46. The highest BCUT2D eigenvalue weighted by atomic mass is 19.1. The van der Waals surface area contributed by atoms with Crippen LogP contribution in [0.1, 0.15) is 12.0 Å². The number of phenolic OH excluding ortho intramolecular Hbond substituents is 1. The van der Waals surface area contributed by atoms with Crippen molar-refractivity contribution < 1.29 is 9.50 Å². The second kappa shape index (κ2) is 4.16. The smallest absolute Gasteiger partial charge is 0.123 e. The molecule has 1 aliphatic heterocycles. The molecule has 0 bridgehead atoms. The van der Waals surface area contributed by atoms with Crippen LogP contribution in [0.4, 0.5) is 4.39 Å². The molecule has 15 heavy (non-hydrogen) atoms. The molecule has 1 atom stereocenters. The first-order valence-electron chi connectivity index (χ1n) is 5.10. The average molecular weight is 210 g/mol. The maximum Gasteiger partial charge on any atom is 0.123 e. The average Bonchev–Trinajstić information content (AvgIpc) is 2.58. The Balaban J connectivity index is 2.07. The first-order chi connectivity index (χ1) is 7.15. The van der Waals surface area contributed by atoms with Gasteiger partial charge >= 0.3 is 0 Å². The van der Waals surface area contributed by atoms with Crippen LogP contribution in [0.25, 0.3) is 0 Å². The Morgan fingerprint density at radius 2 is 2.33 bits per heavy atom. The van der Waals surface area contributed by atoms with Gasteiger partial charge in [0.2, 0.25) is 0 Å². The van der Waals surface area contributed by atoms with Crippen molar-refractivity contribution in [1.82, 2.24) is 4.90 Å². The second-order valence-electron chi connectivity index (χ2n) is 4.06. The van der Waals surface area contributed by atoms with Crippen molar-refractivity contribution in [3.05, 3.63) is 29.6 Å². The largest absolute Gasteiger partial charge is 0.508 e. The van der Waals surface area contributed by atoms with Crippen LogP contribution in [0.3, 0.4) is 0 Å². The Bertz CT molecular complexity index is 356. The molecule has 4 heteroatoms. The lowest BCUT2D eigenvalue weighted by Gasteiger charge is -2.15. The van der Waals surface area contributed by atoms with Crippen LogP contribution in [-0.2, 0) is 6.54 Å². The molecule has 0 amide bonds. The molecule has 0 spiro atoms. The van der Waals surface area contributed by atoms with Crippen molar-refractivity contribution in [2.24, 2.45) is 5.73 Å². The Morgan fingerprint density at radius 3 is 3.00 bits per heavy atom. The number of nitrogens with two attached hydrogens (primary N) is 1. The lowest BCUT2D eigenvalue weighted by molar-refractivity contribution is 0.319. The van der Waals surface area contributed by atoms with Gasteiger partial charge in [-0.05, 0) is 24.6 Å². The minimum absolute atomic E-state index is 0.150. The van der Waals surface area contributed by atoms with Gasteiger partial charge in [0.1, 0.15) is 11.6 Å². The summed E-state index contributed by atoms with van der Waals surface area (Å²) in [7, 11) is 0. The van der Waals surface area contributed by atoms with Gasteiger partial charge in [-0.15, -0.1) is 0 Å². The third-order valence-corrected chi connectivity index (χ3v) is 2.74. The molecule has 1 heterocycles. The molecule has 0 radical (unpaired) electrons. The number of hydrogen-bond donors (Lipinski definition) is 2. The Hall–Kier alpha value is -1.13. The summed E-state index contributed by atoms with van der Waals surface area (Å²) in [5.41, 5.74) is 6.40. The normalized spacial score (nSPS) is 22.1. The summed E-state index contributed by atoms with van der Waals surface area (Å²) in [6, 6.07) is 4.23. The zero-order valence-corrected chi connectivity index (χ0v) is 8.49. The number of rotatable bonds is 2. The van der Waals surface area contributed by atoms with Gasteiger partial charge in [-0.3, -0.25) is 4.90 Å². The number of benzene rings is 1. The van der Waals surface area contributed by atoms with Crippen molar-refractivity contribution in [3.8, 4) is 5.75 Å². The highest BCUT2D eigenvalue weighted by molar-refractivity contribution is 5.32. The van der Waals surface area contributed by atoms with E-state index in [0.29, 0.717) is 12.1 Å². The highest BCUT2D eigenvalue weighted by Crippen LogP contribution is 2.21. The molecule has 1 fully saturated rings. The molecule has 0 saturated carbocycles. The maximum atomic E-state index is 12.9. The van der Waals surface area contributed by atoms with Crippen LogP contribution in [0.5, 0.6) is 5.75 Å². The van der Waals surface area contributed by atoms with Gasteiger partial charge < -0.3 is 10.8 Å². The third-order valence-electron chi connectivity index (χ3n) is 2.74. The quantitative estimate of drug-likeness (QED) is 0.767. The molecule has 82 valence electrons. The zero-order valence-electron chi connectivity index (χ0n) is 8.49. The Labute approximate surface area is 88.3 Å². The lowest BCUT2D eigenvalue weighted by Crippen LogP contribution is -2.26. The predicted molar refractivity (Wildman–Crippen MR) is 55.9 cm³/mol. The summed E-state index contributed by atoms with van der Waals surface area (Å²) in [4.78, 5) is 2.12. The molecule has 1 unspecified atom stereocenters. The SMILES string of the molecule is NC1CCN(Cc2cc(F)ccc2O)C1. The van der Waals surface area contributed by atoms with Gasteiger partial charge in [0, 0.05) is 31.2 Å². The number of phenols is 1. The summed E-state index contributed by atoms with van der Waals surface area (Å²) < 4.78 is 12.9. The molecule has 1 saturated heterocycles. The van der Waals surface area contributed by atoms with Crippen LogP contribution in [-0.4, -0.2) is 29.1 Å². The highest BCUT2D eigenvalue weighted by Gasteiger charge is 2.19. The van der Waals surface area contributed by atoms with Crippen molar-refractivity contribution >= 4 is 0 Å². The van der Waals surface area contributed by atoms with Crippen LogP contribution in [0, 0.1) is 5.82 Å². The minimum Gasteiger partial charge on any atom is -0.508 e. The van der Waals surface area contributed by atoms with Gasteiger partial charge in [0.15, 0.2) is 0 Å². The van der Waals surface area contributed by atoms with Gasteiger partial charge in [-0.25, -0.2) is 4.39 Å². The first-order valence-corrected chi connectivity index (χ1v) is 5.10. The summed E-state index contributed by atoms with van der Waals surface area (Å²) in [5.74, 6) is -0.164. The van der Waals surface area contributed by atoms with Gasteiger partial charge in [-0.1, -0.05) is 0 Å². The van der Waals surface area contributed by atoms with Crippen LogP contribution >= 0.6 is 0 Å².